The zero-order chi connectivity index (χ0) is 11.2. The maximum absolute atomic E-state index is 11.2. The van der Waals surface area contributed by atoms with Gasteiger partial charge in [0, 0.05) is 0 Å². The quantitative estimate of drug-likeness (QED) is 0.291. The van der Waals surface area contributed by atoms with Crippen LogP contribution in [0.5, 0.6) is 0 Å². The van der Waals surface area contributed by atoms with Crippen LogP contribution in [0.2, 0.25) is 0 Å². The highest BCUT2D eigenvalue weighted by Crippen LogP contribution is 2.26. The first-order valence-electron chi connectivity index (χ1n) is 3.45. The van der Waals surface area contributed by atoms with Crippen LogP contribution in [-0.2, 0) is 23.7 Å². The molecule has 0 saturated heterocycles. The smallest absolute Gasteiger partial charge is 0.341 e. The summed E-state index contributed by atoms with van der Waals surface area (Å²) in [4.78, 5) is 21.2. The number of aliphatic carboxylic acids is 1. The maximum atomic E-state index is 11.2. The van der Waals surface area contributed by atoms with Crippen molar-refractivity contribution in [3.05, 3.63) is 0 Å². The molecule has 0 aromatic heterocycles. The third-order valence-corrected chi connectivity index (χ3v) is 1.80. The summed E-state index contributed by atoms with van der Waals surface area (Å²) in [7, 11) is 0. The lowest BCUT2D eigenvalue weighted by Crippen LogP contribution is -2.31. The van der Waals surface area contributed by atoms with E-state index < -0.39 is 23.3 Å². The second-order valence-electron chi connectivity index (χ2n) is 2.71. The van der Waals surface area contributed by atoms with Crippen molar-refractivity contribution in [2.24, 2.45) is 0 Å². The number of carbonyl (C=O) groups is 2. The fourth-order valence-electron chi connectivity index (χ4n) is 0.435. The summed E-state index contributed by atoms with van der Waals surface area (Å²) in [5.74, 6) is -2.04. The number of rotatable bonds is 6. The Morgan fingerprint density at radius 1 is 1.43 bits per heavy atom. The number of carboxylic acids is 1. The van der Waals surface area contributed by atoms with E-state index in [1.807, 2.05) is 0 Å². The van der Waals surface area contributed by atoms with Crippen molar-refractivity contribution in [1.29, 1.82) is 0 Å². The normalized spacial score (nSPS) is 11.1. The SMILES string of the molecule is CC(C)(SOOO)C(=O)OCC(=O)O. The third kappa shape index (κ3) is 5.02. The zero-order valence-corrected chi connectivity index (χ0v) is 8.37. The van der Waals surface area contributed by atoms with Gasteiger partial charge in [-0.25, -0.2) is 10.1 Å². The fraction of sp³-hybridized carbons (Fsp3) is 0.667. The van der Waals surface area contributed by atoms with E-state index >= 15 is 0 Å². The van der Waals surface area contributed by atoms with Crippen LogP contribution in [-0.4, -0.2) is 33.7 Å². The van der Waals surface area contributed by atoms with Gasteiger partial charge in [-0.05, 0) is 13.8 Å². The molecular formula is C6H10O7S. The highest BCUT2D eigenvalue weighted by Gasteiger charge is 2.32. The zero-order valence-electron chi connectivity index (χ0n) is 7.55. The van der Waals surface area contributed by atoms with Gasteiger partial charge in [0.2, 0.25) is 0 Å². The number of hydrogen-bond acceptors (Lipinski definition) is 7. The Labute approximate surface area is 84.0 Å². The van der Waals surface area contributed by atoms with E-state index in [1.54, 1.807) is 0 Å². The van der Waals surface area contributed by atoms with Crippen molar-refractivity contribution in [1.82, 2.24) is 0 Å². The van der Waals surface area contributed by atoms with Crippen LogP contribution in [0.25, 0.3) is 0 Å². The molecule has 0 rings (SSSR count). The molecule has 14 heavy (non-hydrogen) atoms. The summed E-state index contributed by atoms with van der Waals surface area (Å²) in [5.41, 5.74) is 0. The van der Waals surface area contributed by atoms with Crippen LogP contribution in [0.15, 0.2) is 0 Å². The molecular weight excluding hydrogens is 216 g/mol. The average molecular weight is 226 g/mol. The molecule has 2 N–H and O–H groups in total. The number of esters is 1. The van der Waals surface area contributed by atoms with Crippen molar-refractivity contribution < 1.29 is 34.1 Å². The van der Waals surface area contributed by atoms with Gasteiger partial charge >= 0.3 is 11.9 Å². The summed E-state index contributed by atoms with van der Waals surface area (Å²) in [6, 6.07) is 0. The second kappa shape index (κ2) is 5.81. The van der Waals surface area contributed by atoms with E-state index in [9.17, 15) is 9.59 Å². The number of ether oxygens (including phenoxy) is 1. The van der Waals surface area contributed by atoms with Gasteiger partial charge in [-0.15, -0.1) is 4.33 Å². The molecule has 8 heteroatoms. The molecule has 0 heterocycles. The van der Waals surface area contributed by atoms with Gasteiger partial charge in [-0.3, -0.25) is 4.79 Å². The van der Waals surface area contributed by atoms with Gasteiger partial charge in [0.25, 0.3) is 0 Å². The number of hydrogen-bond donors (Lipinski definition) is 2. The molecule has 0 aromatic carbocycles. The molecule has 0 aliphatic carbocycles. The Morgan fingerprint density at radius 2 is 2.00 bits per heavy atom. The molecule has 0 radical (unpaired) electrons. The van der Waals surface area contributed by atoms with Crippen LogP contribution >= 0.6 is 12.0 Å². The Morgan fingerprint density at radius 3 is 2.43 bits per heavy atom. The van der Waals surface area contributed by atoms with Gasteiger partial charge in [-0.2, -0.15) is 0 Å². The van der Waals surface area contributed by atoms with Crippen LogP contribution in [0, 0.1) is 0 Å². The Kier molecular flexibility index (Phi) is 5.46. The van der Waals surface area contributed by atoms with Gasteiger partial charge in [-0.1, -0.05) is 5.04 Å². The molecule has 7 nitrogen and oxygen atoms in total. The molecule has 0 aromatic rings. The lowest BCUT2D eigenvalue weighted by molar-refractivity contribution is -0.432. The molecule has 82 valence electrons. The van der Waals surface area contributed by atoms with E-state index in [4.69, 9.17) is 10.4 Å². The summed E-state index contributed by atoms with van der Waals surface area (Å²) >= 11 is 0.499. The number of carboxylic acid groups (broad SMARTS) is 1. The van der Waals surface area contributed by atoms with E-state index in [1.165, 1.54) is 13.8 Å². The number of carbonyl (C=O) groups excluding carboxylic acids is 1. The summed E-state index contributed by atoms with van der Waals surface area (Å²) in [6.07, 6.45) is 0. The third-order valence-electron chi connectivity index (χ3n) is 1.09. The van der Waals surface area contributed by atoms with Crippen molar-refractivity contribution >= 4 is 24.0 Å². The van der Waals surface area contributed by atoms with Crippen LogP contribution in [0.4, 0.5) is 0 Å². The molecule has 0 saturated carbocycles. The molecule has 0 spiro atoms. The highest BCUT2D eigenvalue weighted by molar-refractivity contribution is 7.96. The van der Waals surface area contributed by atoms with Crippen LogP contribution < -0.4 is 0 Å². The molecule has 0 aliphatic rings. The minimum absolute atomic E-state index is 0.499. The van der Waals surface area contributed by atoms with Crippen LogP contribution in [0.1, 0.15) is 13.8 Å². The second-order valence-corrected chi connectivity index (χ2v) is 4.03. The van der Waals surface area contributed by atoms with Gasteiger partial charge in [0.05, 0.1) is 12.0 Å². The summed E-state index contributed by atoms with van der Waals surface area (Å²) in [5, 5.41) is 19.4. The maximum Gasteiger partial charge on any atom is 0.341 e. The monoisotopic (exact) mass is 226 g/mol. The highest BCUT2D eigenvalue weighted by atomic mass is 32.2. The molecule has 0 amide bonds. The minimum atomic E-state index is -1.25. The predicted molar refractivity (Wildman–Crippen MR) is 45.1 cm³/mol. The molecule has 0 aliphatic heterocycles. The fourth-order valence-corrected chi connectivity index (χ4v) is 0.763. The summed E-state index contributed by atoms with van der Waals surface area (Å²) in [6.45, 7) is 2.12. The average Bonchev–Trinajstić information content (AvgIpc) is 2.10. The van der Waals surface area contributed by atoms with Gasteiger partial charge in [0.15, 0.2) is 6.61 Å². The summed E-state index contributed by atoms with van der Waals surface area (Å²) < 4.78 is 7.27. The first kappa shape index (κ1) is 13.2. The topological polar surface area (TPSA) is 102 Å². The van der Waals surface area contributed by atoms with E-state index in [-0.39, 0.29) is 0 Å². The lowest BCUT2D eigenvalue weighted by atomic mass is 10.2. The predicted octanol–water partition coefficient (Wildman–Crippen LogP) is 0.462. The first-order chi connectivity index (χ1) is 6.40. The Bertz CT molecular complexity index is 214. The molecule has 0 atom stereocenters. The Hall–Kier alpha value is -0.830. The van der Waals surface area contributed by atoms with Crippen molar-refractivity contribution in [3.63, 3.8) is 0 Å². The van der Waals surface area contributed by atoms with E-state index in [0.717, 1.165) is 0 Å². The largest absolute Gasteiger partial charge is 0.479 e. The van der Waals surface area contributed by atoms with Crippen molar-refractivity contribution in [2.75, 3.05) is 6.61 Å². The van der Waals surface area contributed by atoms with Crippen LogP contribution in [0.3, 0.4) is 0 Å². The minimum Gasteiger partial charge on any atom is -0.479 e. The van der Waals surface area contributed by atoms with E-state index in [0.29, 0.717) is 12.0 Å². The van der Waals surface area contributed by atoms with Crippen molar-refractivity contribution in [2.45, 2.75) is 18.6 Å². The van der Waals surface area contributed by atoms with Crippen molar-refractivity contribution in [3.8, 4) is 0 Å². The Balaban J connectivity index is 4.00. The van der Waals surface area contributed by atoms with E-state index in [2.05, 4.69) is 14.1 Å². The van der Waals surface area contributed by atoms with Gasteiger partial charge < -0.3 is 9.84 Å². The standard InChI is InChI=1S/C6H10O7S/c1-6(2,14-13-12-10)5(9)11-3-4(7)8/h10H,3H2,1-2H3,(H,7,8). The molecule has 0 unspecified atom stereocenters. The first-order valence-corrected chi connectivity index (χ1v) is 4.19. The molecule has 0 fully saturated rings. The van der Waals surface area contributed by atoms with Gasteiger partial charge in [0.1, 0.15) is 4.75 Å². The lowest BCUT2D eigenvalue weighted by Gasteiger charge is -2.18. The molecule has 0 bridgehead atoms.